The summed E-state index contributed by atoms with van der Waals surface area (Å²) in [6.07, 6.45) is 0. The predicted molar refractivity (Wildman–Crippen MR) is 70.9 cm³/mol. The zero-order valence-electron chi connectivity index (χ0n) is 10.4. The molecule has 1 aromatic carbocycles. The fraction of sp³-hybridized carbons (Fsp3) is 0.357. The zero-order chi connectivity index (χ0) is 12.5. The van der Waals surface area contributed by atoms with Crippen molar-refractivity contribution >= 4 is 16.8 Å². The third-order valence-electron chi connectivity index (χ3n) is 3.35. The normalized spacial score (nSPS) is 16.2. The summed E-state index contributed by atoms with van der Waals surface area (Å²) in [5.74, 6) is 0.0822. The van der Waals surface area contributed by atoms with Crippen LogP contribution in [0.5, 0.6) is 0 Å². The van der Waals surface area contributed by atoms with Gasteiger partial charge in [0.1, 0.15) is 5.69 Å². The van der Waals surface area contributed by atoms with E-state index in [2.05, 4.69) is 22.7 Å². The van der Waals surface area contributed by atoms with Gasteiger partial charge < -0.3 is 14.6 Å². The SMILES string of the molecule is Cc1ccc2[nH]c(C(=O)N3CC[OH+]CC3)cc2c1. The number of aryl methyl sites for hydroxylation is 1. The molecule has 2 heterocycles. The van der Waals surface area contributed by atoms with Crippen molar-refractivity contribution in [2.24, 2.45) is 0 Å². The lowest BCUT2D eigenvalue weighted by Crippen LogP contribution is -2.42. The molecule has 0 spiro atoms. The first kappa shape index (κ1) is 11.3. The van der Waals surface area contributed by atoms with Gasteiger partial charge >= 0.3 is 0 Å². The lowest BCUT2D eigenvalue weighted by atomic mass is 10.2. The number of benzene rings is 1. The van der Waals surface area contributed by atoms with Gasteiger partial charge in [0.25, 0.3) is 5.91 Å². The van der Waals surface area contributed by atoms with E-state index in [1.807, 2.05) is 23.1 Å². The van der Waals surface area contributed by atoms with E-state index < -0.39 is 0 Å². The molecule has 2 N–H and O–H groups in total. The van der Waals surface area contributed by atoms with Crippen molar-refractivity contribution in [3.05, 3.63) is 35.5 Å². The van der Waals surface area contributed by atoms with Crippen LogP contribution in [0.25, 0.3) is 10.9 Å². The van der Waals surface area contributed by atoms with Gasteiger partial charge in [-0.05, 0) is 25.1 Å². The Morgan fingerprint density at radius 3 is 2.83 bits per heavy atom. The van der Waals surface area contributed by atoms with Crippen LogP contribution in [0.3, 0.4) is 0 Å². The maximum absolute atomic E-state index is 12.3. The lowest BCUT2D eigenvalue weighted by molar-refractivity contribution is -0.0823. The third-order valence-corrected chi connectivity index (χ3v) is 3.35. The second-order valence-corrected chi connectivity index (χ2v) is 4.74. The van der Waals surface area contributed by atoms with Crippen LogP contribution >= 0.6 is 0 Å². The number of morpholine rings is 1. The molecule has 4 heteroatoms. The Hall–Kier alpha value is -1.81. The van der Waals surface area contributed by atoms with E-state index in [0.717, 1.165) is 37.2 Å². The average Bonchev–Trinajstić information content (AvgIpc) is 2.81. The largest absolute Gasteiger partial charge is 0.431 e. The van der Waals surface area contributed by atoms with Crippen LogP contribution in [-0.4, -0.2) is 46.8 Å². The molecule has 1 saturated heterocycles. The van der Waals surface area contributed by atoms with Crippen LogP contribution in [0.15, 0.2) is 24.3 Å². The number of fused-ring (bicyclic) bond motifs is 1. The molecular weight excluding hydrogens is 228 g/mol. The van der Waals surface area contributed by atoms with E-state index in [0.29, 0.717) is 5.69 Å². The van der Waals surface area contributed by atoms with E-state index in [9.17, 15) is 4.79 Å². The number of H-pyrrole nitrogens is 1. The number of carbonyl (C=O) groups is 1. The van der Waals surface area contributed by atoms with Gasteiger partial charge in [-0.15, -0.1) is 0 Å². The number of amides is 1. The monoisotopic (exact) mass is 245 g/mol. The molecule has 0 atom stereocenters. The maximum Gasteiger partial charge on any atom is 0.270 e. The quantitative estimate of drug-likeness (QED) is 0.760. The first-order valence-electron chi connectivity index (χ1n) is 6.26. The Morgan fingerprint density at radius 2 is 2.06 bits per heavy atom. The van der Waals surface area contributed by atoms with Crippen LogP contribution in [0, 0.1) is 6.92 Å². The summed E-state index contributed by atoms with van der Waals surface area (Å²) >= 11 is 0. The summed E-state index contributed by atoms with van der Waals surface area (Å²) in [6, 6.07) is 8.10. The molecule has 1 aromatic heterocycles. The highest BCUT2D eigenvalue weighted by Crippen LogP contribution is 2.18. The van der Waals surface area contributed by atoms with E-state index in [-0.39, 0.29) is 5.91 Å². The number of aromatic nitrogens is 1. The fourth-order valence-electron chi connectivity index (χ4n) is 2.35. The topological polar surface area (TPSA) is 48.9 Å². The molecule has 0 aliphatic carbocycles. The molecule has 4 nitrogen and oxygen atoms in total. The lowest BCUT2D eigenvalue weighted by Gasteiger charge is -2.23. The number of carbonyl (C=O) groups excluding carboxylic acids is 1. The molecule has 94 valence electrons. The van der Waals surface area contributed by atoms with Crippen molar-refractivity contribution in [2.45, 2.75) is 6.92 Å². The molecule has 1 aliphatic rings. The summed E-state index contributed by atoms with van der Waals surface area (Å²) < 4.78 is 4.25. The Morgan fingerprint density at radius 1 is 1.28 bits per heavy atom. The average molecular weight is 245 g/mol. The minimum atomic E-state index is 0.0822. The second kappa shape index (κ2) is 4.46. The third kappa shape index (κ3) is 1.99. The molecule has 2 aromatic rings. The van der Waals surface area contributed by atoms with E-state index in [1.165, 1.54) is 5.56 Å². The van der Waals surface area contributed by atoms with E-state index in [4.69, 9.17) is 0 Å². The van der Waals surface area contributed by atoms with Gasteiger partial charge in [0.05, 0.1) is 13.1 Å². The number of nitrogens with one attached hydrogen (secondary N) is 1. The molecule has 18 heavy (non-hydrogen) atoms. The van der Waals surface area contributed by atoms with Crippen LogP contribution in [0.2, 0.25) is 0 Å². The van der Waals surface area contributed by atoms with Crippen molar-refractivity contribution in [1.82, 2.24) is 9.88 Å². The zero-order valence-corrected chi connectivity index (χ0v) is 10.4. The van der Waals surface area contributed by atoms with Crippen LogP contribution in [0.4, 0.5) is 0 Å². The summed E-state index contributed by atoms with van der Waals surface area (Å²) in [6.45, 7) is 5.02. The number of hydrogen-bond donors (Lipinski definition) is 1. The number of aliphatic hydroxyl groups is 2. The van der Waals surface area contributed by atoms with Gasteiger partial charge in [0.15, 0.2) is 13.2 Å². The van der Waals surface area contributed by atoms with Crippen molar-refractivity contribution in [2.75, 3.05) is 26.3 Å². The van der Waals surface area contributed by atoms with Crippen molar-refractivity contribution in [3.63, 3.8) is 0 Å². The molecular formula is C14H17N2O2+. The Kier molecular flexibility index (Phi) is 2.80. The Labute approximate surface area is 106 Å². The van der Waals surface area contributed by atoms with Gasteiger partial charge in [-0.25, -0.2) is 0 Å². The molecule has 1 amide bonds. The minimum Gasteiger partial charge on any atom is -0.431 e. The summed E-state index contributed by atoms with van der Waals surface area (Å²) in [5.41, 5.74) is 2.90. The standard InChI is InChI=1S/C14H16N2O2/c1-10-2-3-12-11(8-10)9-13(15-12)14(17)16-4-6-18-7-5-16/h2-3,8-9,15H,4-7H2,1H3/p+1. The Bertz CT molecular complexity index is 582. The summed E-state index contributed by atoms with van der Waals surface area (Å²) in [5, 5.41) is 1.10. The van der Waals surface area contributed by atoms with Gasteiger partial charge in [-0.2, -0.15) is 0 Å². The molecule has 0 unspecified atom stereocenters. The predicted octanol–water partition coefficient (Wildman–Crippen LogP) is 1.46. The highest BCUT2D eigenvalue weighted by Gasteiger charge is 2.21. The first-order valence-corrected chi connectivity index (χ1v) is 6.26. The number of hydrogen-bond acceptors (Lipinski definition) is 1. The summed E-state index contributed by atoms with van der Waals surface area (Å²) in [4.78, 5) is 17.4. The van der Waals surface area contributed by atoms with Crippen LogP contribution in [-0.2, 0) is 0 Å². The van der Waals surface area contributed by atoms with Gasteiger partial charge in [0.2, 0.25) is 0 Å². The van der Waals surface area contributed by atoms with E-state index in [1.54, 1.807) is 0 Å². The van der Waals surface area contributed by atoms with Crippen LogP contribution < -0.4 is 0 Å². The Balaban J connectivity index is 1.91. The smallest absolute Gasteiger partial charge is 0.270 e. The fourth-order valence-corrected chi connectivity index (χ4v) is 2.35. The number of rotatable bonds is 1. The van der Waals surface area contributed by atoms with Gasteiger partial charge in [-0.1, -0.05) is 11.6 Å². The minimum absolute atomic E-state index is 0.0822. The van der Waals surface area contributed by atoms with E-state index >= 15 is 0 Å². The maximum atomic E-state index is 12.3. The number of nitrogens with zero attached hydrogens (tertiary/aromatic N) is 1. The van der Waals surface area contributed by atoms with Crippen molar-refractivity contribution < 1.29 is 9.53 Å². The molecule has 1 aliphatic heterocycles. The highest BCUT2D eigenvalue weighted by molar-refractivity contribution is 5.98. The molecule has 0 bridgehead atoms. The van der Waals surface area contributed by atoms with Crippen molar-refractivity contribution in [3.8, 4) is 0 Å². The first-order chi connectivity index (χ1) is 8.74. The van der Waals surface area contributed by atoms with Gasteiger partial charge in [0, 0.05) is 10.9 Å². The van der Waals surface area contributed by atoms with Crippen LogP contribution in [0.1, 0.15) is 16.1 Å². The number of aromatic amines is 1. The second-order valence-electron chi connectivity index (χ2n) is 4.74. The highest BCUT2D eigenvalue weighted by atomic mass is 16.5. The summed E-state index contributed by atoms with van der Waals surface area (Å²) in [7, 11) is 0. The molecule has 0 saturated carbocycles. The van der Waals surface area contributed by atoms with Crippen molar-refractivity contribution in [1.29, 1.82) is 0 Å². The number of ether oxygens (including phenoxy) is 1. The van der Waals surface area contributed by atoms with Gasteiger partial charge in [-0.3, -0.25) is 4.79 Å². The molecule has 3 rings (SSSR count). The molecule has 1 fully saturated rings. The molecule has 0 radical (unpaired) electrons.